The summed E-state index contributed by atoms with van der Waals surface area (Å²) < 4.78 is 5.30. The maximum absolute atomic E-state index is 12.7. The van der Waals surface area contributed by atoms with Crippen molar-refractivity contribution in [2.45, 2.75) is 130 Å². The first kappa shape index (κ1) is 29.9. The van der Waals surface area contributed by atoms with E-state index in [4.69, 9.17) is 4.74 Å². The predicted molar refractivity (Wildman–Crippen MR) is 150 cm³/mol. The largest absolute Gasteiger partial charge is 0.461 e. The van der Waals surface area contributed by atoms with Crippen LogP contribution in [0.25, 0.3) is 10.9 Å². The Hall–Kier alpha value is -2.30. The molecule has 2 N–H and O–H groups in total. The minimum absolute atomic E-state index is 0.0824. The third-order valence-corrected chi connectivity index (χ3v) is 7.05. The summed E-state index contributed by atoms with van der Waals surface area (Å²) >= 11 is 0. The van der Waals surface area contributed by atoms with Crippen molar-refractivity contribution in [2.24, 2.45) is 0 Å². The molecule has 1 atom stereocenters. The predicted octanol–water partition coefficient (Wildman–Crippen LogP) is 8.78. The quantitative estimate of drug-likeness (QED) is 0.141. The van der Waals surface area contributed by atoms with Gasteiger partial charge < -0.3 is 15.0 Å². The normalized spacial score (nSPS) is 12.1. The average Bonchev–Trinajstić information content (AvgIpc) is 3.25. The van der Waals surface area contributed by atoms with Gasteiger partial charge in [-0.3, -0.25) is 4.79 Å². The molecule has 0 bridgehead atoms. The maximum atomic E-state index is 12.7. The van der Waals surface area contributed by atoms with Crippen molar-refractivity contribution in [3.63, 3.8) is 0 Å². The molecule has 2 rings (SSSR count). The number of rotatable bonds is 20. The fraction of sp³-hybridized carbons (Fsp3) is 0.677. The second kappa shape index (κ2) is 18.0. The summed E-state index contributed by atoms with van der Waals surface area (Å²) in [6, 6.07) is 7.66. The molecule has 202 valence electrons. The SMILES string of the molecule is CCCCCCCCCCCCCCCCCC(NC(C)=O)c1c(C(=O)OCC)[nH]c2ccccc12. The second-order valence-corrected chi connectivity index (χ2v) is 10.2. The van der Waals surface area contributed by atoms with Crippen molar-refractivity contribution in [3.8, 4) is 0 Å². The molecule has 1 amide bonds. The number of para-hydroxylation sites is 1. The fourth-order valence-corrected chi connectivity index (χ4v) is 5.14. The molecule has 0 saturated carbocycles. The number of ether oxygens (including phenoxy) is 1. The number of hydrogen-bond donors (Lipinski definition) is 2. The van der Waals surface area contributed by atoms with Crippen molar-refractivity contribution in [1.82, 2.24) is 10.3 Å². The molecule has 5 heteroatoms. The van der Waals surface area contributed by atoms with Crippen LogP contribution in [0.4, 0.5) is 0 Å². The van der Waals surface area contributed by atoms with E-state index in [2.05, 4.69) is 17.2 Å². The highest BCUT2D eigenvalue weighted by Crippen LogP contribution is 2.32. The van der Waals surface area contributed by atoms with Crippen molar-refractivity contribution >= 4 is 22.8 Å². The van der Waals surface area contributed by atoms with Crippen LogP contribution in [0.3, 0.4) is 0 Å². The molecular weight excluding hydrogens is 448 g/mol. The van der Waals surface area contributed by atoms with Crippen LogP contribution in [0.5, 0.6) is 0 Å². The molecule has 1 aromatic carbocycles. The number of hydrogen-bond acceptors (Lipinski definition) is 3. The van der Waals surface area contributed by atoms with Gasteiger partial charge in [0.2, 0.25) is 5.91 Å². The summed E-state index contributed by atoms with van der Waals surface area (Å²) in [4.78, 5) is 27.9. The Morgan fingerprint density at radius 1 is 0.806 bits per heavy atom. The number of amides is 1. The molecule has 5 nitrogen and oxygen atoms in total. The number of aromatic nitrogens is 1. The number of nitrogens with one attached hydrogen (secondary N) is 2. The van der Waals surface area contributed by atoms with Crippen molar-refractivity contribution < 1.29 is 14.3 Å². The van der Waals surface area contributed by atoms with Gasteiger partial charge in [-0.25, -0.2) is 4.79 Å². The molecule has 0 fully saturated rings. The summed E-state index contributed by atoms with van der Waals surface area (Å²) in [5.41, 5.74) is 2.20. The number of carbonyl (C=O) groups is 2. The van der Waals surface area contributed by atoms with E-state index in [1.165, 1.54) is 83.5 Å². The first-order chi connectivity index (χ1) is 17.6. The molecular formula is C31H50N2O3. The zero-order valence-corrected chi connectivity index (χ0v) is 23.1. The second-order valence-electron chi connectivity index (χ2n) is 10.2. The lowest BCUT2D eigenvalue weighted by Gasteiger charge is -2.19. The first-order valence-corrected chi connectivity index (χ1v) is 14.6. The summed E-state index contributed by atoms with van der Waals surface area (Å²) in [6.07, 6.45) is 20.7. The standard InChI is InChI=1S/C31H50N2O3/c1-4-6-7-8-9-10-11-12-13-14-15-16-17-18-19-24-28(32-25(3)34)29-26-22-20-21-23-27(26)33-30(29)31(35)36-5-2/h20-23,28,33H,4-19,24H2,1-3H3,(H,32,34). The van der Waals surface area contributed by atoms with E-state index in [-0.39, 0.29) is 17.9 Å². The topological polar surface area (TPSA) is 71.2 Å². The molecule has 1 unspecified atom stereocenters. The Bertz CT molecular complexity index is 889. The Kier molecular flexibility index (Phi) is 15.0. The van der Waals surface area contributed by atoms with Gasteiger partial charge in [0.25, 0.3) is 0 Å². The highest BCUT2D eigenvalue weighted by atomic mass is 16.5. The number of aromatic amines is 1. The number of H-pyrrole nitrogens is 1. The Morgan fingerprint density at radius 3 is 1.86 bits per heavy atom. The highest BCUT2D eigenvalue weighted by Gasteiger charge is 2.25. The van der Waals surface area contributed by atoms with Gasteiger partial charge in [0.15, 0.2) is 0 Å². The maximum Gasteiger partial charge on any atom is 0.355 e. The van der Waals surface area contributed by atoms with E-state index in [9.17, 15) is 9.59 Å². The Morgan fingerprint density at radius 2 is 1.33 bits per heavy atom. The average molecular weight is 499 g/mol. The van der Waals surface area contributed by atoms with Crippen LogP contribution in [0.1, 0.15) is 146 Å². The smallest absolute Gasteiger partial charge is 0.355 e. The van der Waals surface area contributed by atoms with E-state index >= 15 is 0 Å². The highest BCUT2D eigenvalue weighted by molar-refractivity contribution is 5.99. The van der Waals surface area contributed by atoms with Gasteiger partial charge in [0, 0.05) is 23.4 Å². The summed E-state index contributed by atoms with van der Waals surface area (Å²) in [5, 5.41) is 4.07. The summed E-state index contributed by atoms with van der Waals surface area (Å²) in [5.74, 6) is -0.448. The molecule has 0 aliphatic heterocycles. The van der Waals surface area contributed by atoms with E-state index < -0.39 is 0 Å². The van der Waals surface area contributed by atoms with E-state index in [1.54, 1.807) is 13.8 Å². The molecule has 1 heterocycles. The lowest BCUT2D eigenvalue weighted by Crippen LogP contribution is -2.27. The van der Waals surface area contributed by atoms with E-state index in [1.807, 2.05) is 24.3 Å². The van der Waals surface area contributed by atoms with Crippen molar-refractivity contribution in [2.75, 3.05) is 6.61 Å². The van der Waals surface area contributed by atoms with Crippen LogP contribution in [0.15, 0.2) is 24.3 Å². The van der Waals surface area contributed by atoms with Crippen LogP contribution < -0.4 is 5.32 Å². The molecule has 0 spiro atoms. The molecule has 1 aromatic heterocycles. The third-order valence-electron chi connectivity index (χ3n) is 7.05. The zero-order valence-electron chi connectivity index (χ0n) is 23.1. The lowest BCUT2D eigenvalue weighted by atomic mass is 9.96. The molecule has 0 aliphatic carbocycles. The van der Waals surface area contributed by atoms with Crippen LogP contribution in [0, 0.1) is 0 Å². The molecule has 0 saturated heterocycles. The Balaban J connectivity index is 1.74. The Labute approximate surface area is 219 Å². The van der Waals surface area contributed by atoms with E-state index in [0.29, 0.717) is 12.3 Å². The number of esters is 1. The van der Waals surface area contributed by atoms with Crippen molar-refractivity contribution in [1.29, 1.82) is 0 Å². The van der Waals surface area contributed by atoms with Gasteiger partial charge in [0.05, 0.1) is 12.6 Å². The van der Waals surface area contributed by atoms with Crippen LogP contribution in [-0.4, -0.2) is 23.5 Å². The lowest BCUT2D eigenvalue weighted by molar-refractivity contribution is -0.119. The van der Waals surface area contributed by atoms with Gasteiger partial charge >= 0.3 is 5.97 Å². The number of fused-ring (bicyclic) bond motifs is 1. The third kappa shape index (κ3) is 10.8. The minimum atomic E-state index is -0.365. The number of unbranched alkanes of at least 4 members (excludes halogenated alkanes) is 14. The van der Waals surface area contributed by atoms with E-state index in [0.717, 1.165) is 35.7 Å². The summed E-state index contributed by atoms with van der Waals surface area (Å²) in [7, 11) is 0. The van der Waals surface area contributed by atoms with Gasteiger partial charge in [-0.1, -0.05) is 121 Å². The van der Waals surface area contributed by atoms with Gasteiger partial charge in [-0.2, -0.15) is 0 Å². The van der Waals surface area contributed by atoms with Crippen molar-refractivity contribution in [3.05, 3.63) is 35.5 Å². The number of benzene rings is 1. The van der Waals surface area contributed by atoms with Crippen LogP contribution >= 0.6 is 0 Å². The van der Waals surface area contributed by atoms with Gasteiger partial charge in [-0.15, -0.1) is 0 Å². The molecule has 0 aliphatic rings. The number of carbonyl (C=O) groups excluding carboxylic acids is 2. The molecule has 0 radical (unpaired) electrons. The van der Waals surface area contributed by atoms with Crippen LogP contribution in [-0.2, 0) is 9.53 Å². The molecule has 2 aromatic rings. The van der Waals surface area contributed by atoms with Gasteiger partial charge in [-0.05, 0) is 19.4 Å². The first-order valence-electron chi connectivity index (χ1n) is 14.6. The molecule has 36 heavy (non-hydrogen) atoms. The van der Waals surface area contributed by atoms with Crippen LogP contribution in [0.2, 0.25) is 0 Å². The zero-order chi connectivity index (χ0) is 26.0. The summed E-state index contributed by atoms with van der Waals surface area (Å²) in [6.45, 7) is 5.94. The minimum Gasteiger partial charge on any atom is -0.461 e. The fourth-order valence-electron chi connectivity index (χ4n) is 5.14. The monoisotopic (exact) mass is 498 g/mol. The van der Waals surface area contributed by atoms with Gasteiger partial charge in [0.1, 0.15) is 5.69 Å².